The van der Waals surface area contributed by atoms with Gasteiger partial charge in [-0.25, -0.2) is 4.98 Å². The van der Waals surface area contributed by atoms with Crippen molar-refractivity contribution >= 4 is 38.3 Å². The lowest BCUT2D eigenvalue weighted by Gasteiger charge is -2.17. The highest BCUT2D eigenvalue weighted by molar-refractivity contribution is 9.10. The molecule has 1 aromatic carbocycles. The number of hydrogen-bond donors (Lipinski definition) is 2. The summed E-state index contributed by atoms with van der Waals surface area (Å²) in [7, 11) is 0. The van der Waals surface area contributed by atoms with Crippen LogP contribution in [0.25, 0.3) is 10.9 Å². The Labute approximate surface area is 121 Å². The third kappa shape index (κ3) is 2.54. The Morgan fingerprint density at radius 3 is 2.74 bits per heavy atom. The minimum atomic E-state index is 0.575. The fraction of sp³-hybridized carbons (Fsp3) is 0.400. The second-order valence-electron chi connectivity index (χ2n) is 5.34. The molecular weight excluding hydrogens is 302 g/mol. The number of hydrogen-bond acceptors (Lipinski definition) is 3. The first-order chi connectivity index (χ1) is 9.13. The molecule has 0 amide bonds. The van der Waals surface area contributed by atoms with Gasteiger partial charge in [0.15, 0.2) is 0 Å². The normalized spacial score (nSPS) is 16.1. The van der Waals surface area contributed by atoms with Crippen LogP contribution in [-0.4, -0.2) is 11.0 Å². The summed E-state index contributed by atoms with van der Waals surface area (Å²) >= 11 is 3.52. The lowest BCUT2D eigenvalue weighted by atomic mass is 10.1. The maximum absolute atomic E-state index is 5.93. The molecule has 19 heavy (non-hydrogen) atoms. The molecule has 0 atom stereocenters. The topological polar surface area (TPSA) is 50.9 Å². The Morgan fingerprint density at radius 2 is 2.00 bits per heavy atom. The Hall–Kier alpha value is -1.29. The number of pyridine rings is 1. The van der Waals surface area contributed by atoms with Gasteiger partial charge in [0.1, 0.15) is 5.82 Å². The zero-order valence-corrected chi connectivity index (χ0v) is 12.6. The molecule has 3 rings (SSSR count). The smallest absolute Gasteiger partial charge is 0.126 e. The van der Waals surface area contributed by atoms with E-state index in [-0.39, 0.29) is 0 Å². The number of anilines is 2. The summed E-state index contributed by atoms with van der Waals surface area (Å²) in [4.78, 5) is 4.44. The van der Waals surface area contributed by atoms with Crippen LogP contribution in [0, 0.1) is 6.92 Å². The maximum Gasteiger partial charge on any atom is 0.126 e. The molecule has 2 aromatic rings. The Bertz CT molecular complexity index is 613. The average molecular weight is 320 g/mol. The number of nitrogen functional groups attached to an aromatic ring is 1. The Balaban J connectivity index is 2.11. The zero-order valence-electron chi connectivity index (χ0n) is 11.0. The lowest BCUT2D eigenvalue weighted by molar-refractivity contribution is 0.756. The van der Waals surface area contributed by atoms with Gasteiger partial charge in [0.2, 0.25) is 0 Å². The van der Waals surface area contributed by atoms with Crippen molar-refractivity contribution in [1.82, 2.24) is 4.98 Å². The van der Waals surface area contributed by atoms with Gasteiger partial charge in [-0.2, -0.15) is 0 Å². The number of aromatic nitrogens is 1. The van der Waals surface area contributed by atoms with Gasteiger partial charge in [0, 0.05) is 27.7 Å². The highest BCUT2D eigenvalue weighted by Gasteiger charge is 2.17. The highest BCUT2D eigenvalue weighted by atomic mass is 79.9. The van der Waals surface area contributed by atoms with E-state index in [2.05, 4.69) is 39.2 Å². The van der Waals surface area contributed by atoms with Crippen molar-refractivity contribution in [3.63, 3.8) is 0 Å². The van der Waals surface area contributed by atoms with E-state index >= 15 is 0 Å². The van der Waals surface area contributed by atoms with E-state index in [1.165, 1.54) is 36.6 Å². The molecule has 0 unspecified atom stereocenters. The molecule has 1 aliphatic rings. The van der Waals surface area contributed by atoms with Gasteiger partial charge in [-0.3, -0.25) is 0 Å². The van der Waals surface area contributed by atoms with Crippen LogP contribution in [0.5, 0.6) is 0 Å². The van der Waals surface area contributed by atoms with Crippen LogP contribution in [0.4, 0.5) is 11.5 Å². The van der Waals surface area contributed by atoms with Crippen molar-refractivity contribution in [3.05, 3.63) is 28.2 Å². The largest absolute Gasteiger partial charge is 0.384 e. The first-order valence-corrected chi connectivity index (χ1v) is 7.56. The molecule has 100 valence electrons. The Kier molecular flexibility index (Phi) is 3.35. The molecule has 1 aliphatic carbocycles. The van der Waals surface area contributed by atoms with Crippen LogP contribution < -0.4 is 11.1 Å². The highest BCUT2D eigenvalue weighted by Crippen LogP contribution is 2.32. The second kappa shape index (κ2) is 5.00. The second-order valence-corrected chi connectivity index (χ2v) is 6.25. The maximum atomic E-state index is 5.93. The average Bonchev–Trinajstić information content (AvgIpc) is 2.79. The third-order valence-electron chi connectivity index (χ3n) is 3.81. The summed E-state index contributed by atoms with van der Waals surface area (Å²) < 4.78 is 1.04. The van der Waals surface area contributed by atoms with E-state index in [9.17, 15) is 0 Å². The van der Waals surface area contributed by atoms with E-state index < -0.39 is 0 Å². The molecule has 0 aliphatic heterocycles. The van der Waals surface area contributed by atoms with Gasteiger partial charge < -0.3 is 11.1 Å². The molecule has 0 spiro atoms. The predicted molar refractivity (Wildman–Crippen MR) is 84.5 cm³/mol. The number of nitrogens with zero attached hydrogens (tertiary/aromatic N) is 1. The molecule has 3 N–H and O–H groups in total. The minimum absolute atomic E-state index is 0.575. The van der Waals surface area contributed by atoms with Gasteiger partial charge >= 0.3 is 0 Å². The monoisotopic (exact) mass is 319 g/mol. The van der Waals surface area contributed by atoms with Crippen LogP contribution in [0.3, 0.4) is 0 Å². The van der Waals surface area contributed by atoms with E-state index in [4.69, 9.17) is 5.73 Å². The fourth-order valence-corrected chi connectivity index (χ4v) is 3.52. The summed E-state index contributed by atoms with van der Waals surface area (Å²) in [6.45, 7) is 2.12. The summed E-state index contributed by atoms with van der Waals surface area (Å²) in [5, 5.41) is 4.83. The zero-order chi connectivity index (χ0) is 13.4. The van der Waals surface area contributed by atoms with E-state index in [1.54, 1.807) is 0 Å². The van der Waals surface area contributed by atoms with Gasteiger partial charge in [0.05, 0.1) is 5.52 Å². The Morgan fingerprint density at radius 1 is 1.26 bits per heavy atom. The molecule has 3 nitrogen and oxygen atoms in total. The van der Waals surface area contributed by atoms with Crippen molar-refractivity contribution < 1.29 is 0 Å². The van der Waals surface area contributed by atoms with Crippen LogP contribution >= 0.6 is 15.9 Å². The number of fused-ring (bicyclic) bond motifs is 1. The quantitative estimate of drug-likeness (QED) is 0.870. The number of benzene rings is 1. The molecule has 1 saturated carbocycles. The predicted octanol–water partition coefficient (Wildman–Crippen LogP) is 4.24. The van der Waals surface area contributed by atoms with Crippen molar-refractivity contribution in [3.8, 4) is 0 Å². The minimum Gasteiger partial charge on any atom is -0.384 e. The first-order valence-electron chi connectivity index (χ1n) is 6.76. The standard InChI is InChI=1S/C15H18BrN3/c1-9-6-10(16)7-12-15(9)13(8-14(17)19-12)18-11-4-2-3-5-11/h6-8,11H,2-5H2,1H3,(H3,17,18,19). The molecule has 0 saturated heterocycles. The van der Waals surface area contributed by atoms with E-state index in [0.717, 1.165) is 15.7 Å². The molecule has 1 fully saturated rings. The van der Waals surface area contributed by atoms with Crippen LogP contribution in [0.15, 0.2) is 22.7 Å². The van der Waals surface area contributed by atoms with Gasteiger partial charge in [0.25, 0.3) is 0 Å². The third-order valence-corrected chi connectivity index (χ3v) is 4.26. The molecule has 4 heteroatoms. The number of nitrogens with one attached hydrogen (secondary N) is 1. The SMILES string of the molecule is Cc1cc(Br)cc2nc(N)cc(NC3CCCC3)c12. The van der Waals surface area contributed by atoms with Crippen LogP contribution in [0.1, 0.15) is 31.2 Å². The number of halogens is 1. The van der Waals surface area contributed by atoms with Crippen LogP contribution in [0.2, 0.25) is 0 Å². The van der Waals surface area contributed by atoms with Crippen molar-refractivity contribution in [2.75, 3.05) is 11.1 Å². The van der Waals surface area contributed by atoms with Gasteiger partial charge in [-0.15, -0.1) is 0 Å². The summed E-state index contributed by atoms with van der Waals surface area (Å²) in [5.74, 6) is 0.575. The molecule has 0 bridgehead atoms. The molecule has 0 radical (unpaired) electrons. The summed E-state index contributed by atoms with van der Waals surface area (Å²) in [6, 6.07) is 6.69. The lowest BCUT2D eigenvalue weighted by Crippen LogP contribution is -2.15. The molecule has 1 aromatic heterocycles. The number of aryl methyl sites for hydroxylation is 1. The van der Waals surface area contributed by atoms with Crippen molar-refractivity contribution in [2.24, 2.45) is 0 Å². The van der Waals surface area contributed by atoms with Gasteiger partial charge in [-0.1, -0.05) is 28.8 Å². The van der Waals surface area contributed by atoms with Crippen molar-refractivity contribution in [2.45, 2.75) is 38.6 Å². The van der Waals surface area contributed by atoms with E-state index in [0.29, 0.717) is 11.9 Å². The van der Waals surface area contributed by atoms with Gasteiger partial charge in [-0.05, 0) is 37.5 Å². The number of nitrogens with two attached hydrogens (primary N) is 1. The van der Waals surface area contributed by atoms with Crippen LogP contribution in [-0.2, 0) is 0 Å². The summed E-state index contributed by atoms with van der Waals surface area (Å²) in [5.41, 5.74) is 9.23. The molecular formula is C15H18BrN3. The summed E-state index contributed by atoms with van der Waals surface area (Å²) in [6.07, 6.45) is 5.14. The van der Waals surface area contributed by atoms with E-state index in [1.807, 2.05) is 12.1 Å². The fourth-order valence-electron chi connectivity index (χ4n) is 2.96. The molecule has 1 heterocycles. The first kappa shape index (κ1) is 12.7. The van der Waals surface area contributed by atoms with Crippen molar-refractivity contribution in [1.29, 1.82) is 0 Å². The number of rotatable bonds is 2.